The Bertz CT molecular complexity index is 1030. The van der Waals surface area contributed by atoms with E-state index in [0.717, 1.165) is 56.7 Å². The quantitative estimate of drug-likeness (QED) is 0.345. The van der Waals surface area contributed by atoms with E-state index in [4.69, 9.17) is 21.0 Å². The molecule has 0 atom stereocenters. The van der Waals surface area contributed by atoms with Crippen molar-refractivity contribution >= 4 is 34.7 Å². The van der Waals surface area contributed by atoms with Gasteiger partial charge in [-0.25, -0.2) is 4.98 Å². The van der Waals surface area contributed by atoms with Crippen LogP contribution in [0.1, 0.15) is 19.0 Å². The second kappa shape index (κ2) is 8.29. The summed E-state index contributed by atoms with van der Waals surface area (Å²) in [4.78, 5) is 4.73. The molecule has 138 valence electrons. The van der Waals surface area contributed by atoms with Crippen LogP contribution in [0.3, 0.4) is 0 Å². The highest BCUT2D eigenvalue weighted by Gasteiger charge is 2.16. The maximum Gasteiger partial charge on any atom is 0.200 e. The molecular weight excluding hydrogens is 400 g/mol. The fourth-order valence-corrected chi connectivity index (χ4v) is 4.78. The van der Waals surface area contributed by atoms with Gasteiger partial charge in [0.15, 0.2) is 16.7 Å². The molecule has 3 aromatic heterocycles. The van der Waals surface area contributed by atoms with E-state index in [0.29, 0.717) is 0 Å². The Morgan fingerprint density at radius 1 is 1.19 bits per heavy atom. The van der Waals surface area contributed by atoms with Gasteiger partial charge in [-0.3, -0.25) is 4.57 Å². The maximum absolute atomic E-state index is 6.28. The predicted octanol–water partition coefficient (Wildman–Crippen LogP) is 6.02. The van der Waals surface area contributed by atoms with Gasteiger partial charge in [0, 0.05) is 23.2 Å². The van der Waals surface area contributed by atoms with Crippen LogP contribution in [0.5, 0.6) is 0 Å². The molecule has 0 unspecified atom stereocenters. The molecule has 4 aromatic rings. The molecule has 8 heteroatoms. The van der Waals surface area contributed by atoms with E-state index in [1.807, 2.05) is 36.4 Å². The third-order valence-corrected chi connectivity index (χ3v) is 6.17. The van der Waals surface area contributed by atoms with E-state index in [1.54, 1.807) is 29.4 Å². The van der Waals surface area contributed by atoms with Crippen LogP contribution in [-0.4, -0.2) is 19.7 Å². The predicted molar refractivity (Wildman–Crippen MR) is 110 cm³/mol. The first-order valence-corrected chi connectivity index (χ1v) is 10.8. The van der Waals surface area contributed by atoms with Crippen molar-refractivity contribution in [2.75, 3.05) is 0 Å². The molecule has 0 spiro atoms. The van der Waals surface area contributed by atoms with Crippen molar-refractivity contribution in [3.63, 3.8) is 0 Å². The molecule has 3 heterocycles. The van der Waals surface area contributed by atoms with Crippen LogP contribution in [0, 0.1) is 0 Å². The average molecular weight is 417 g/mol. The third kappa shape index (κ3) is 3.95. The summed E-state index contributed by atoms with van der Waals surface area (Å²) in [6, 6.07) is 11.5. The molecule has 0 amide bonds. The highest BCUT2D eigenvalue weighted by molar-refractivity contribution is 7.98. The number of thiazole rings is 1. The van der Waals surface area contributed by atoms with Gasteiger partial charge in [0.25, 0.3) is 0 Å². The molecule has 0 aliphatic rings. The number of thioether (sulfide) groups is 1. The Kier molecular flexibility index (Phi) is 5.61. The van der Waals surface area contributed by atoms with Gasteiger partial charge in [-0.15, -0.1) is 21.5 Å². The van der Waals surface area contributed by atoms with Gasteiger partial charge in [-0.1, -0.05) is 48.5 Å². The summed E-state index contributed by atoms with van der Waals surface area (Å²) in [5.74, 6) is 2.22. The molecule has 0 radical (unpaired) electrons. The van der Waals surface area contributed by atoms with Crippen LogP contribution in [0.4, 0.5) is 0 Å². The van der Waals surface area contributed by atoms with Gasteiger partial charge >= 0.3 is 0 Å². The number of benzene rings is 1. The number of aromatic nitrogens is 4. The molecule has 0 bridgehead atoms. The van der Waals surface area contributed by atoms with Crippen LogP contribution in [-0.2, 0) is 12.3 Å². The molecule has 0 aliphatic heterocycles. The lowest BCUT2D eigenvalue weighted by atomic mass is 10.2. The van der Waals surface area contributed by atoms with Crippen LogP contribution in [0.25, 0.3) is 22.2 Å². The summed E-state index contributed by atoms with van der Waals surface area (Å²) in [5.41, 5.74) is 1.97. The highest BCUT2D eigenvalue weighted by Crippen LogP contribution is 2.32. The molecule has 0 fully saturated rings. The van der Waals surface area contributed by atoms with Crippen LogP contribution in [0.15, 0.2) is 57.6 Å². The summed E-state index contributed by atoms with van der Waals surface area (Å²) in [5, 5.41) is 13.3. The van der Waals surface area contributed by atoms with E-state index in [2.05, 4.69) is 27.1 Å². The molecular formula is C19H17ClN4OS2. The van der Waals surface area contributed by atoms with Crippen molar-refractivity contribution in [3.05, 3.63) is 58.8 Å². The smallest absolute Gasteiger partial charge is 0.200 e. The summed E-state index contributed by atoms with van der Waals surface area (Å²) in [6.45, 7) is 2.98. The number of hydrogen-bond acceptors (Lipinski definition) is 6. The Labute approximate surface area is 170 Å². The van der Waals surface area contributed by atoms with E-state index in [9.17, 15) is 0 Å². The Hall–Kier alpha value is -2.09. The zero-order valence-corrected chi connectivity index (χ0v) is 17.0. The van der Waals surface area contributed by atoms with Crippen LogP contribution < -0.4 is 0 Å². The van der Waals surface area contributed by atoms with Gasteiger partial charge in [0.05, 0.1) is 17.0 Å². The molecule has 4 rings (SSSR count). The summed E-state index contributed by atoms with van der Waals surface area (Å²) < 4.78 is 7.59. The highest BCUT2D eigenvalue weighted by atomic mass is 35.5. The van der Waals surface area contributed by atoms with Crippen molar-refractivity contribution in [1.82, 2.24) is 19.7 Å². The molecule has 0 saturated carbocycles. The summed E-state index contributed by atoms with van der Waals surface area (Å²) in [7, 11) is 0. The molecule has 0 saturated heterocycles. The van der Waals surface area contributed by atoms with Gasteiger partial charge in [0.1, 0.15) is 5.01 Å². The largest absolute Gasteiger partial charge is 0.461 e. The number of rotatable bonds is 7. The van der Waals surface area contributed by atoms with Crippen molar-refractivity contribution in [2.24, 2.45) is 0 Å². The van der Waals surface area contributed by atoms with Gasteiger partial charge in [-0.2, -0.15) is 0 Å². The summed E-state index contributed by atoms with van der Waals surface area (Å²) >= 11 is 9.51. The van der Waals surface area contributed by atoms with Crippen molar-refractivity contribution < 1.29 is 4.42 Å². The zero-order valence-electron chi connectivity index (χ0n) is 14.6. The molecule has 0 aliphatic carbocycles. The van der Waals surface area contributed by atoms with Crippen LogP contribution >= 0.6 is 34.7 Å². The lowest BCUT2D eigenvalue weighted by Crippen LogP contribution is -2.01. The van der Waals surface area contributed by atoms with Crippen molar-refractivity contribution in [1.29, 1.82) is 0 Å². The second-order valence-electron chi connectivity index (χ2n) is 5.85. The topological polar surface area (TPSA) is 56.7 Å². The zero-order chi connectivity index (χ0) is 18.6. The molecule has 1 aromatic carbocycles. The lowest BCUT2D eigenvalue weighted by Gasteiger charge is -2.06. The fourth-order valence-electron chi connectivity index (χ4n) is 2.68. The van der Waals surface area contributed by atoms with E-state index >= 15 is 0 Å². The first-order chi connectivity index (χ1) is 13.3. The van der Waals surface area contributed by atoms with Crippen LogP contribution in [0.2, 0.25) is 5.02 Å². The SMILES string of the molecule is CCCn1c(SCc2csc(-c3ccccc3Cl)n2)nnc1-c1ccco1. The van der Waals surface area contributed by atoms with E-state index in [-0.39, 0.29) is 0 Å². The number of furan rings is 1. The average Bonchev–Trinajstić information content (AvgIpc) is 3.42. The third-order valence-electron chi connectivity index (χ3n) is 3.91. The minimum atomic E-state index is 0.719. The fraction of sp³-hybridized carbons (Fsp3) is 0.211. The van der Waals surface area contributed by atoms with E-state index in [1.165, 1.54) is 0 Å². The first kappa shape index (κ1) is 18.3. The Morgan fingerprint density at radius 3 is 2.85 bits per heavy atom. The normalized spacial score (nSPS) is 11.2. The Morgan fingerprint density at radius 2 is 2.07 bits per heavy atom. The molecule has 0 N–H and O–H groups in total. The van der Waals surface area contributed by atoms with Crippen molar-refractivity contribution in [3.8, 4) is 22.2 Å². The number of hydrogen-bond donors (Lipinski definition) is 0. The molecule has 5 nitrogen and oxygen atoms in total. The minimum Gasteiger partial charge on any atom is -0.461 e. The Balaban J connectivity index is 1.52. The van der Waals surface area contributed by atoms with E-state index < -0.39 is 0 Å². The minimum absolute atomic E-state index is 0.719. The van der Waals surface area contributed by atoms with Gasteiger partial charge in [0.2, 0.25) is 0 Å². The lowest BCUT2D eigenvalue weighted by molar-refractivity contribution is 0.559. The summed E-state index contributed by atoms with van der Waals surface area (Å²) in [6.07, 6.45) is 2.64. The monoisotopic (exact) mass is 416 g/mol. The first-order valence-electron chi connectivity index (χ1n) is 8.55. The standard InChI is InChI=1S/C19H17ClN4OS2/c1-2-9-24-17(16-8-5-10-25-16)22-23-19(24)27-12-13-11-26-18(21-13)14-6-3-4-7-15(14)20/h3-8,10-11H,2,9,12H2,1H3. The van der Waals surface area contributed by atoms with Gasteiger partial charge in [-0.05, 0) is 24.6 Å². The molecule has 27 heavy (non-hydrogen) atoms. The second-order valence-corrected chi connectivity index (χ2v) is 8.06. The number of halogens is 1. The number of nitrogens with zero attached hydrogens (tertiary/aromatic N) is 4. The van der Waals surface area contributed by atoms with Crippen molar-refractivity contribution in [2.45, 2.75) is 30.8 Å². The maximum atomic E-state index is 6.28. The van der Waals surface area contributed by atoms with Gasteiger partial charge < -0.3 is 4.42 Å².